The maximum Gasteiger partial charge on any atom is 0.238 e. The van der Waals surface area contributed by atoms with Crippen molar-refractivity contribution in [3.05, 3.63) is 52.8 Å². The van der Waals surface area contributed by atoms with Crippen LogP contribution in [0.3, 0.4) is 0 Å². The molecule has 0 saturated carbocycles. The Balaban J connectivity index is 0.00000132. The molecule has 4 rings (SSSR count). The maximum absolute atomic E-state index is 13.4. The quantitative estimate of drug-likeness (QED) is 0.452. The van der Waals surface area contributed by atoms with Gasteiger partial charge >= 0.3 is 0 Å². The number of benzene rings is 2. The average molecular weight is 366 g/mol. The van der Waals surface area contributed by atoms with Crippen molar-refractivity contribution in [3.63, 3.8) is 0 Å². The van der Waals surface area contributed by atoms with Crippen LogP contribution in [0.4, 0.5) is 4.39 Å². The molecule has 0 saturated heterocycles. The van der Waals surface area contributed by atoms with E-state index in [1.165, 1.54) is 6.07 Å². The van der Waals surface area contributed by atoms with Crippen LogP contribution >= 0.6 is 15.9 Å². The van der Waals surface area contributed by atoms with Gasteiger partial charge in [0.2, 0.25) is 11.0 Å². The van der Waals surface area contributed by atoms with E-state index in [9.17, 15) is 4.39 Å². The molecule has 2 aromatic heterocycles. The third-order valence-electron chi connectivity index (χ3n) is 3.75. The minimum absolute atomic E-state index is 0. The number of halogens is 3. The van der Waals surface area contributed by atoms with Crippen molar-refractivity contribution in [1.82, 2.24) is 4.98 Å². The van der Waals surface area contributed by atoms with Gasteiger partial charge in [-0.05, 0) is 36.4 Å². The highest BCUT2D eigenvalue weighted by Crippen LogP contribution is 2.28. The molecule has 0 aliphatic rings. The van der Waals surface area contributed by atoms with E-state index in [0.29, 0.717) is 0 Å². The highest BCUT2D eigenvalue weighted by Gasteiger charge is 2.17. The molecule has 0 fully saturated rings. The molecule has 2 aromatic carbocycles. The lowest BCUT2D eigenvalue weighted by Gasteiger charge is -1.99. The third kappa shape index (κ3) is 2.10. The van der Waals surface area contributed by atoms with E-state index >= 15 is 0 Å². The zero-order chi connectivity index (χ0) is 13.9. The number of nitrogens with zero attached hydrogens (tertiary/aromatic N) is 1. The molecule has 4 aromatic rings. The van der Waals surface area contributed by atoms with Gasteiger partial charge in [-0.25, -0.2) is 4.39 Å². The minimum atomic E-state index is -0.212. The number of aromatic nitrogens is 2. The summed E-state index contributed by atoms with van der Waals surface area (Å²) in [5.74, 6) is -0.212. The van der Waals surface area contributed by atoms with Gasteiger partial charge in [0.25, 0.3) is 0 Å². The molecule has 5 heteroatoms. The number of fused-ring (bicyclic) bond motifs is 4. The fourth-order valence-electron chi connectivity index (χ4n) is 2.86. The molecule has 0 radical (unpaired) electrons. The van der Waals surface area contributed by atoms with Gasteiger partial charge in [-0.1, -0.05) is 15.9 Å². The van der Waals surface area contributed by atoms with Gasteiger partial charge in [-0.15, -0.1) is 0 Å². The van der Waals surface area contributed by atoms with Crippen LogP contribution in [-0.4, -0.2) is 4.98 Å². The summed E-state index contributed by atoms with van der Waals surface area (Å²) in [5, 5.41) is 2.05. The molecule has 2 heterocycles. The zero-order valence-corrected chi connectivity index (χ0v) is 13.5. The molecule has 0 amide bonds. The smallest absolute Gasteiger partial charge is 0.238 e. The van der Waals surface area contributed by atoms with E-state index in [4.69, 9.17) is 0 Å². The monoisotopic (exact) mass is 364 g/mol. The molecular formula is C16H11BrClFN2. The molecule has 2 nitrogen and oxygen atoms in total. The number of hydrogen-bond donors (Lipinski definition) is 1. The fraction of sp³-hybridized carbons (Fsp3) is 0.0625. The Morgan fingerprint density at radius 1 is 1.05 bits per heavy atom. The number of hydrogen-bond acceptors (Lipinski definition) is 0. The van der Waals surface area contributed by atoms with Gasteiger partial charge in [0.05, 0.1) is 16.3 Å². The van der Waals surface area contributed by atoms with Crippen LogP contribution in [-0.2, 0) is 7.05 Å². The van der Waals surface area contributed by atoms with E-state index in [0.717, 1.165) is 37.3 Å². The molecule has 0 atom stereocenters. The standard InChI is InChI=1S/C16H10BrFN2.ClH/c1-20-15-5-3-11(18)6-9(15)7-14-16(20)12-8-10(17)2-4-13(12)19-14;/h2-8H,1H3;1H. The van der Waals surface area contributed by atoms with Gasteiger partial charge < -0.3 is 17.4 Å². The van der Waals surface area contributed by atoms with Crippen molar-refractivity contribution in [2.24, 2.45) is 7.05 Å². The highest BCUT2D eigenvalue weighted by molar-refractivity contribution is 9.10. The van der Waals surface area contributed by atoms with E-state index in [1.807, 2.05) is 31.3 Å². The van der Waals surface area contributed by atoms with Gasteiger partial charge in [0.1, 0.15) is 18.4 Å². The Morgan fingerprint density at radius 2 is 1.86 bits per heavy atom. The molecule has 0 aliphatic heterocycles. The Labute approximate surface area is 135 Å². The summed E-state index contributed by atoms with van der Waals surface area (Å²) in [6, 6.07) is 13.0. The van der Waals surface area contributed by atoms with Gasteiger partial charge in [-0.2, -0.15) is 4.57 Å². The van der Waals surface area contributed by atoms with E-state index in [1.54, 1.807) is 6.07 Å². The first-order valence-electron chi connectivity index (χ1n) is 6.33. The lowest BCUT2D eigenvalue weighted by atomic mass is 10.1. The summed E-state index contributed by atoms with van der Waals surface area (Å²) in [7, 11) is 2.01. The van der Waals surface area contributed by atoms with Crippen LogP contribution in [0.2, 0.25) is 0 Å². The molecule has 1 N–H and O–H groups in total. The zero-order valence-electron chi connectivity index (χ0n) is 11.1. The molecule has 0 bridgehead atoms. The van der Waals surface area contributed by atoms with Crippen LogP contribution in [0.1, 0.15) is 0 Å². The van der Waals surface area contributed by atoms with Crippen LogP contribution in [0.15, 0.2) is 46.9 Å². The molecule has 21 heavy (non-hydrogen) atoms. The Bertz CT molecular complexity index is 994. The number of nitrogens with one attached hydrogen (secondary N) is 1. The van der Waals surface area contributed by atoms with E-state index in [-0.39, 0.29) is 18.2 Å². The lowest BCUT2D eigenvalue weighted by molar-refractivity contribution is -0.616. The largest absolute Gasteiger partial charge is 1.00 e. The number of pyridine rings is 1. The van der Waals surface area contributed by atoms with E-state index in [2.05, 4.69) is 31.5 Å². The first kappa shape index (κ1) is 14.3. The summed E-state index contributed by atoms with van der Waals surface area (Å²) in [5.41, 5.74) is 4.23. The van der Waals surface area contributed by atoms with Crippen LogP contribution in [0, 0.1) is 5.82 Å². The average Bonchev–Trinajstić information content (AvgIpc) is 2.76. The highest BCUT2D eigenvalue weighted by atomic mass is 79.9. The van der Waals surface area contributed by atoms with Crippen molar-refractivity contribution in [1.29, 1.82) is 0 Å². The fourth-order valence-corrected chi connectivity index (χ4v) is 3.22. The SMILES string of the molecule is C[n+]1c2ccc(F)cc2cc2[nH]c3ccc(Br)cc3c21.[Cl-]. The summed E-state index contributed by atoms with van der Waals surface area (Å²) in [4.78, 5) is 3.39. The molecule has 0 spiro atoms. The predicted molar refractivity (Wildman–Crippen MR) is 82.1 cm³/mol. The number of rotatable bonds is 0. The summed E-state index contributed by atoms with van der Waals surface area (Å²) in [6.07, 6.45) is 0. The lowest BCUT2D eigenvalue weighted by Crippen LogP contribution is -3.00. The van der Waals surface area contributed by atoms with Crippen molar-refractivity contribution >= 4 is 48.8 Å². The Kier molecular flexibility index (Phi) is 3.38. The normalized spacial score (nSPS) is 11.2. The van der Waals surface area contributed by atoms with Gasteiger partial charge in [0, 0.05) is 10.5 Å². The van der Waals surface area contributed by atoms with Crippen LogP contribution in [0.5, 0.6) is 0 Å². The third-order valence-corrected chi connectivity index (χ3v) is 4.24. The summed E-state index contributed by atoms with van der Waals surface area (Å²) in [6.45, 7) is 0. The second kappa shape index (κ2) is 4.97. The van der Waals surface area contributed by atoms with Crippen molar-refractivity contribution in [3.8, 4) is 0 Å². The first-order chi connectivity index (χ1) is 9.63. The van der Waals surface area contributed by atoms with Gasteiger partial charge in [0.15, 0.2) is 0 Å². The maximum atomic E-state index is 13.4. The number of H-pyrrole nitrogens is 1. The Hall–Kier alpha value is -1.65. The van der Waals surface area contributed by atoms with Crippen molar-refractivity contribution < 1.29 is 21.4 Å². The summed E-state index contributed by atoms with van der Waals surface area (Å²) < 4.78 is 16.6. The topological polar surface area (TPSA) is 19.7 Å². The minimum Gasteiger partial charge on any atom is -1.00 e. The summed E-state index contributed by atoms with van der Waals surface area (Å²) >= 11 is 3.51. The van der Waals surface area contributed by atoms with Crippen LogP contribution < -0.4 is 17.0 Å². The first-order valence-corrected chi connectivity index (χ1v) is 7.12. The second-order valence-electron chi connectivity index (χ2n) is 4.98. The van der Waals surface area contributed by atoms with Crippen molar-refractivity contribution in [2.75, 3.05) is 0 Å². The second-order valence-corrected chi connectivity index (χ2v) is 5.90. The Morgan fingerprint density at radius 3 is 2.67 bits per heavy atom. The van der Waals surface area contributed by atoms with Crippen molar-refractivity contribution in [2.45, 2.75) is 0 Å². The predicted octanol–water partition coefficient (Wildman–Crippen LogP) is 1.20. The molecule has 0 aliphatic carbocycles. The number of aryl methyl sites for hydroxylation is 1. The molecule has 0 unspecified atom stereocenters. The van der Waals surface area contributed by atoms with Gasteiger partial charge in [-0.3, -0.25) is 0 Å². The number of aromatic amines is 1. The molecule has 106 valence electrons. The molecular weight excluding hydrogens is 355 g/mol. The van der Waals surface area contributed by atoms with Crippen LogP contribution in [0.25, 0.3) is 32.8 Å². The van der Waals surface area contributed by atoms with E-state index < -0.39 is 0 Å².